The average Bonchev–Trinajstić information content (AvgIpc) is 3.03. The lowest BCUT2D eigenvalue weighted by Crippen LogP contribution is -2.22. The van der Waals surface area contributed by atoms with Crippen molar-refractivity contribution in [2.45, 2.75) is 52.5 Å². The molecule has 0 radical (unpaired) electrons. The zero-order valence-corrected chi connectivity index (χ0v) is 16.6. The van der Waals surface area contributed by atoms with E-state index in [0.29, 0.717) is 5.82 Å². The highest BCUT2D eigenvalue weighted by Crippen LogP contribution is 2.38. The predicted molar refractivity (Wildman–Crippen MR) is 109 cm³/mol. The molecule has 0 amide bonds. The first-order chi connectivity index (χ1) is 13.4. The molecular weight excluding hydrogens is 353 g/mol. The Labute approximate surface area is 164 Å². The second-order valence-electron chi connectivity index (χ2n) is 8.54. The Hall–Kier alpha value is -2.76. The van der Waals surface area contributed by atoms with Crippen LogP contribution in [0.15, 0.2) is 36.7 Å². The van der Waals surface area contributed by atoms with Crippen molar-refractivity contribution in [3.05, 3.63) is 59.4 Å². The van der Waals surface area contributed by atoms with Gasteiger partial charge in [0.05, 0.1) is 5.69 Å². The van der Waals surface area contributed by atoms with Gasteiger partial charge in [-0.15, -0.1) is 0 Å². The van der Waals surface area contributed by atoms with E-state index in [1.165, 1.54) is 17.3 Å². The van der Waals surface area contributed by atoms with Gasteiger partial charge in [-0.2, -0.15) is 9.49 Å². The van der Waals surface area contributed by atoms with Crippen molar-refractivity contribution in [3.8, 4) is 11.3 Å². The number of hydrogen-bond donors (Lipinski definition) is 2. The summed E-state index contributed by atoms with van der Waals surface area (Å²) in [6.45, 7) is 6.60. The van der Waals surface area contributed by atoms with Crippen LogP contribution < -0.4 is 5.32 Å². The number of H-pyrrole nitrogens is 1. The van der Waals surface area contributed by atoms with Gasteiger partial charge in [0.15, 0.2) is 0 Å². The summed E-state index contributed by atoms with van der Waals surface area (Å²) in [6, 6.07) is 7.40. The Morgan fingerprint density at radius 3 is 2.96 bits per heavy atom. The predicted octanol–water partition coefficient (Wildman–Crippen LogP) is 4.56. The van der Waals surface area contributed by atoms with Gasteiger partial charge < -0.3 is 5.32 Å². The lowest BCUT2D eigenvalue weighted by atomic mass is 9.76. The summed E-state index contributed by atoms with van der Waals surface area (Å²) in [5.74, 6) is 0.0285. The normalized spacial score (nSPS) is 16.4. The second-order valence-corrected chi connectivity index (χ2v) is 8.54. The fourth-order valence-electron chi connectivity index (χ4n) is 3.97. The molecule has 0 aliphatic heterocycles. The van der Waals surface area contributed by atoms with Crippen molar-refractivity contribution in [1.82, 2.24) is 20.2 Å². The maximum Gasteiger partial charge on any atom is 0.215 e. The Morgan fingerprint density at radius 2 is 2.18 bits per heavy atom. The lowest BCUT2D eigenvalue weighted by Gasteiger charge is -2.29. The van der Waals surface area contributed by atoms with Gasteiger partial charge in [0.2, 0.25) is 5.95 Å². The van der Waals surface area contributed by atoms with Gasteiger partial charge >= 0.3 is 0 Å². The lowest BCUT2D eigenvalue weighted by molar-refractivity contribution is 0.312. The first-order valence-electron chi connectivity index (χ1n) is 9.79. The molecular formula is C22H26FN5. The molecule has 1 aliphatic carbocycles. The third kappa shape index (κ3) is 4.06. The number of halogens is 1. The van der Waals surface area contributed by atoms with Crippen molar-refractivity contribution in [2.75, 3.05) is 5.32 Å². The van der Waals surface area contributed by atoms with Gasteiger partial charge in [-0.05, 0) is 55.7 Å². The molecule has 0 saturated heterocycles. The minimum atomic E-state index is -0.499. The number of aromatic nitrogens is 4. The van der Waals surface area contributed by atoms with Crippen LogP contribution in [-0.4, -0.2) is 26.2 Å². The van der Waals surface area contributed by atoms with Gasteiger partial charge in [0, 0.05) is 41.3 Å². The molecule has 0 aromatic carbocycles. The van der Waals surface area contributed by atoms with Crippen LogP contribution in [0.1, 0.15) is 44.0 Å². The molecule has 4 rings (SSSR count). The average molecular weight is 379 g/mol. The summed E-state index contributed by atoms with van der Waals surface area (Å²) >= 11 is 0. The van der Waals surface area contributed by atoms with Crippen LogP contribution in [0.25, 0.3) is 11.3 Å². The van der Waals surface area contributed by atoms with Crippen LogP contribution >= 0.6 is 0 Å². The molecule has 3 heterocycles. The van der Waals surface area contributed by atoms with Crippen LogP contribution in [0, 0.1) is 11.4 Å². The van der Waals surface area contributed by atoms with E-state index in [4.69, 9.17) is 0 Å². The summed E-state index contributed by atoms with van der Waals surface area (Å²) in [5.41, 5.74) is 5.38. The van der Waals surface area contributed by atoms with Gasteiger partial charge in [-0.25, -0.2) is 4.98 Å². The highest BCUT2D eigenvalue weighted by molar-refractivity contribution is 5.67. The van der Waals surface area contributed by atoms with E-state index < -0.39 is 5.95 Å². The van der Waals surface area contributed by atoms with Crippen LogP contribution in [-0.2, 0) is 19.3 Å². The number of pyridine rings is 2. The Balaban J connectivity index is 1.56. The van der Waals surface area contributed by atoms with Gasteiger partial charge in [-0.1, -0.05) is 19.9 Å². The molecule has 0 fully saturated rings. The third-order valence-electron chi connectivity index (χ3n) is 5.39. The van der Waals surface area contributed by atoms with E-state index in [1.54, 1.807) is 6.20 Å². The number of nitrogens with one attached hydrogen (secondary N) is 2. The maximum absolute atomic E-state index is 14.3. The molecule has 2 N–H and O–H groups in total. The van der Waals surface area contributed by atoms with E-state index in [9.17, 15) is 4.39 Å². The molecule has 0 bridgehead atoms. The second kappa shape index (κ2) is 7.34. The van der Waals surface area contributed by atoms with Gasteiger partial charge in [0.25, 0.3) is 0 Å². The quantitative estimate of drug-likeness (QED) is 0.638. The van der Waals surface area contributed by atoms with Gasteiger partial charge in [-0.3, -0.25) is 10.1 Å². The molecule has 1 aliphatic rings. The number of hydrogen-bond acceptors (Lipinski definition) is 4. The zero-order valence-electron chi connectivity index (χ0n) is 16.6. The molecule has 28 heavy (non-hydrogen) atoms. The Morgan fingerprint density at radius 1 is 1.32 bits per heavy atom. The number of anilines is 1. The molecule has 5 nitrogen and oxygen atoms in total. The Bertz CT molecular complexity index is 964. The standard InChI is InChI=1S/C22H26FN5/c1-14(9-15-5-4-8-24-13-15)25-20-11-16(10-19(23)26-20)21-17-6-7-22(2,3)12-18(17)27-28-21/h4-5,8,10-11,13-14H,6-7,9,12H2,1-3H3,(H,25,26)(H,27,28). The van der Waals surface area contributed by atoms with E-state index in [2.05, 4.69) is 46.3 Å². The van der Waals surface area contributed by atoms with E-state index in [0.717, 1.165) is 42.5 Å². The van der Waals surface area contributed by atoms with Gasteiger partial charge in [0.1, 0.15) is 5.82 Å². The van der Waals surface area contributed by atoms with Crippen molar-refractivity contribution in [2.24, 2.45) is 5.41 Å². The van der Waals surface area contributed by atoms with Crippen molar-refractivity contribution >= 4 is 5.82 Å². The molecule has 1 atom stereocenters. The SMILES string of the molecule is CC(Cc1cccnc1)Nc1cc(-c2n[nH]c3c2CCC(C)(C)C3)cc(F)n1. The summed E-state index contributed by atoms with van der Waals surface area (Å²) < 4.78 is 14.3. The highest BCUT2D eigenvalue weighted by atomic mass is 19.1. The topological polar surface area (TPSA) is 66.5 Å². The van der Waals surface area contributed by atoms with E-state index >= 15 is 0 Å². The molecule has 146 valence electrons. The zero-order chi connectivity index (χ0) is 19.7. The molecule has 6 heteroatoms. The van der Waals surface area contributed by atoms with Crippen LogP contribution in [0.2, 0.25) is 0 Å². The number of nitrogens with zero attached hydrogens (tertiary/aromatic N) is 3. The minimum Gasteiger partial charge on any atom is -0.367 e. The minimum absolute atomic E-state index is 0.0975. The highest BCUT2D eigenvalue weighted by Gasteiger charge is 2.29. The summed E-state index contributed by atoms with van der Waals surface area (Å²) in [6.07, 6.45) is 7.42. The van der Waals surface area contributed by atoms with Crippen molar-refractivity contribution in [1.29, 1.82) is 0 Å². The molecule has 0 saturated carbocycles. The van der Waals surface area contributed by atoms with Crippen molar-refractivity contribution < 1.29 is 4.39 Å². The molecule has 0 spiro atoms. The number of aromatic amines is 1. The smallest absolute Gasteiger partial charge is 0.215 e. The Kier molecular flexibility index (Phi) is 4.87. The third-order valence-corrected chi connectivity index (χ3v) is 5.39. The van der Waals surface area contributed by atoms with Crippen LogP contribution in [0.4, 0.5) is 10.2 Å². The van der Waals surface area contributed by atoms with Crippen LogP contribution in [0.5, 0.6) is 0 Å². The maximum atomic E-state index is 14.3. The fraction of sp³-hybridized carbons (Fsp3) is 0.409. The van der Waals surface area contributed by atoms with Crippen LogP contribution in [0.3, 0.4) is 0 Å². The van der Waals surface area contributed by atoms with E-state index in [-0.39, 0.29) is 11.5 Å². The molecule has 3 aromatic rings. The van der Waals surface area contributed by atoms with E-state index in [1.807, 2.05) is 24.4 Å². The van der Waals surface area contributed by atoms with Crippen molar-refractivity contribution in [3.63, 3.8) is 0 Å². The summed E-state index contributed by atoms with van der Waals surface area (Å²) in [5, 5.41) is 11.0. The first-order valence-corrected chi connectivity index (χ1v) is 9.79. The number of rotatable bonds is 5. The largest absolute Gasteiger partial charge is 0.367 e. The summed E-state index contributed by atoms with van der Waals surface area (Å²) in [7, 11) is 0. The first kappa shape index (κ1) is 18.6. The monoisotopic (exact) mass is 379 g/mol. The molecule has 3 aromatic heterocycles. The molecule has 1 unspecified atom stereocenters. The fourth-order valence-corrected chi connectivity index (χ4v) is 3.97. The number of fused-ring (bicyclic) bond motifs is 1. The summed E-state index contributed by atoms with van der Waals surface area (Å²) in [4.78, 5) is 8.17.